The predicted octanol–water partition coefficient (Wildman–Crippen LogP) is 2.75. The van der Waals surface area contributed by atoms with E-state index in [4.69, 9.17) is 0 Å². The molecule has 3 heteroatoms. The van der Waals surface area contributed by atoms with E-state index in [-0.39, 0.29) is 12.4 Å². The molecule has 3 rings (SSSR count). The van der Waals surface area contributed by atoms with E-state index in [0.29, 0.717) is 6.54 Å². The number of fused-ring (bicyclic) bond motifs is 1. The van der Waals surface area contributed by atoms with Gasteiger partial charge in [-0.25, -0.2) is 4.39 Å². The third kappa shape index (κ3) is 2.35. The Labute approximate surface area is 118 Å². The predicted molar refractivity (Wildman–Crippen MR) is 76.8 cm³/mol. The van der Waals surface area contributed by atoms with Crippen molar-refractivity contribution in [2.75, 3.05) is 6.61 Å². The van der Waals surface area contributed by atoms with Gasteiger partial charge in [0, 0.05) is 6.54 Å². The number of hydrogen-bond donors (Lipinski definition) is 2. The van der Waals surface area contributed by atoms with Crippen molar-refractivity contribution in [3.63, 3.8) is 0 Å². The zero-order chi connectivity index (χ0) is 14.0. The van der Waals surface area contributed by atoms with E-state index in [2.05, 4.69) is 17.4 Å². The van der Waals surface area contributed by atoms with Crippen LogP contribution in [0.2, 0.25) is 0 Å². The molecule has 2 nitrogen and oxygen atoms in total. The quantitative estimate of drug-likeness (QED) is 0.896. The second kappa shape index (κ2) is 5.35. The van der Waals surface area contributed by atoms with Gasteiger partial charge >= 0.3 is 0 Å². The van der Waals surface area contributed by atoms with Crippen LogP contribution in [0.1, 0.15) is 23.1 Å². The van der Waals surface area contributed by atoms with Crippen LogP contribution >= 0.6 is 0 Å². The third-order valence-corrected chi connectivity index (χ3v) is 4.15. The van der Waals surface area contributed by atoms with Crippen molar-refractivity contribution in [1.29, 1.82) is 0 Å². The first-order valence-corrected chi connectivity index (χ1v) is 6.92. The van der Waals surface area contributed by atoms with Gasteiger partial charge in [0.2, 0.25) is 0 Å². The van der Waals surface area contributed by atoms with Gasteiger partial charge in [-0.1, -0.05) is 36.4 Å². The Morgan fingerprint density at radius 3 is 2.70 bits per heavy atom. The van der Waals surface area contributed by atoms with Crippen LogP contribution in [0.25, 0.3) is 0 Å². The molecule has 0 radical (unpaired) electrons. The largest absolute Gasteiger partial charge is 0.394 e. The number of halogens is 1. The number of benzene rings is 2. The highest BCUT2D eigenvalue weighted by Gasteiger charge is 2.37. The molecule has 0 heterocycles. The molecule has 0 spiro atoms. The highest BCUT2D eigenvalue weighted by Crippen LogP contribution is 2.37. The highest BCUT2D eigenvalue weighted by molar-refractivity contribution is 5.39. The van der Waals surface area contributed by atoms with E-state index >= 15 is 0 Å². The van der Waals surface area contributed by atoms with Crippen LogP contribution in [0.5, 0.6) is 0 Å². The third-order valence-electron chi connectivity index (χ3n) is 4.15. The molecule has 0 aliphatic heterocycles. The Kier molecular flexibility index (Phi) is 3.55. The first-order chi connectivity index (χ1) is 9.73. The highest BCUT2D eigenvalue weighted by atomic mass is 19.1. The minimum absolute atomic E-state index is 0.0263. The van der Waals surface area contributed by atoms with E-state index in [1.807, 2.05) is 18.2 Å². The summed E-state index contributed by atoms with van der Waals surface area (Å²) in [4.78, 5) is 0. The standard InChI is InChI=1S/C17H18FNO/c18-15-6-7-16-14(10-15)8-9-17(16,12-20)19-11-13-4-2-1-3-5-13/h1-7,10,19-20H,8-9,11-12H2. The molecule has 0 bridgehead atoms. The fourth-order valence-corrected chi connectivity index (χ4v) is 2.99. The lowest BCUT2D eigenvalue weighted by molar-refractivity contribution is 0.159. The van der Waals surface area contributed by atoms with Gasteiger partial charge in [0.05, 0.1) is 12.1 Å². The maximum atomic E-state index is 13.3. The number of rotatable bonds is 4. The molecule has 0 aromatic heterocycles. The molecule has 0 amide bonds. The van der Waals surface area contributed by atoms with Crippen LogP contribution in [0.4, 0.5) is 4.39 Å². The van der Waals surface area contributed by atoms with Crippen LogP contribution in [0.15, 0.2) is 48.5 Å². The van der Waals surface area contributed by atoms with E-state index in [0.717, 1.165) is 24.0 Å². The minimum atomic E-state index is -0.446. The molecule has 1 aliphatic rings. The number of aliphatic hydroxyl groups is 1. The maximum absolute atomic E-state index is 13.3. The van der Waals surface area contributed by atoms with E-state index in [1.165, 1.54) is 11.6 Å². The molecule has 20 heavy (non-hydrogen) atoms. The Morgan fingerprint density at radius 2 is 1.95 bits per heavy atom. The zero-order valence-electron chi connectivity index (χ0n) is 11.3. The SMILES string of the molecule is OCC1(NCc2ccccc2)CCc2cc(F)ccc21. The molecule has 1 aliphatic carbocycles. The molecule has 1 atom stereocenters. The fourth-order valence-electron chi connectivity index (χ4n) is 2.99. The summed E-state index contributed by atoms with van der Waals surface area (Å²) in [6.07, 6.45) is 1.60. The monoisotopic (exact) mass is 271 g/mol. The second-order valence-electron chi connectivity index (χ2n) is 5.38. The van der Waals surface area contributed by atoms with Crippen molar-refractivity contribution < 1.29 is 9.50 Å². The van der Waals surface area contributed by atoms with Crippen molar-refractivity contribution in [3.05, 3.63) is 71.0 Å². The van der Waals surface area contributed by atoms with Gasteiger partial charge in [-0.2, -0.15) is 0 Å². The molecule has 104 valence electrons. The number of nitrogens with one attached hydrogen (secondary N) is 1. The molecule has 0 saturated heterocycles. The molecular weight excluding hydrogens is 253 g/mol. The van der Waals surface area contributed by atoms with E-state index in [9.17, 15) is 9.50 Å². The van der Waals surface area contributed by atoms with Gasteiger partial charge in [0.25, 0.3) is 0 Å². The normalized spacial score (nSPS) is 20.9. The average molecular weight is 271 g/mol. The molecule has 1 unspecified atom stereocenters. The van der Waals surface area contributed by atoms with Crippen molar-refractivity contribution >= 4 is 0 Å². The van der Waals surface area contributed by atoms with Crippen molar-refractivity contribution in [3.8, 4) is 0 Å². The summed E-state index contributed by atoms with van der Waals surface area (Å²) in [6.45, 7) is 0.719. The Bertz CT molecular complexity index is 599. The number of aliphatic hydroxyl groups excluding tert-OH is 1. The molecule has 2 aromatic rings. The van der Waals surface area contributed by atoms with Crippen LogP contribution in [-0.2, 0) is 18.5 Å². The summed E-state index contributed by atoms with van der Waals surface area (Å²) >= 11 is 0. The average Bonchev–Trinajstić information content (AvgIpc) is 2.85. The molecule has 2 N–H and O–H groups in total. The summed E-state index contributed by atoms with van der Waals surface area (Å²) in [5, 5.41) is 13.3. The van der Waals surface area contributed by atoms with Crippen LogP contribution in [-0.4, -0.2) is 11.7 Å². The maximum Gasteiger partial charge on any atom is 0.123 e. The minimum Gasteiger partial charge on any atom is -0.394 e. The van der Waals surface area contributed by atoms with Crippen LogP contribution in [0.3, 0.4) is 0 Å². The molecular formula is C17H18FNO. The molecule has 0 fully saturated rings. The lowest BCUT2D eigenvalue weighted by atomic mass is 9.92. The Morgan fingerprint density at radius 1 is 1.15 bits per heavy atom. The number of aryl methyl sites for hydroxylation is 1. The molecule has 0 saturated carbocycles. The van der Waals surface area contributed by atoms with Crippen molar-refractivity contribution in [2.45, 2.75) is 24.9 Å². The lowest BCUT2D eigenvalue weighted by Gasteiger charge is -2.30. The van der Waals surface area contributed by atoms with Crippen LogP contribution < -0.4 is 5.32 Å². The second-order valence-corrected chi connectivity index (χ2v) is 5.38. The van der Waals surface area contributed by atoms with Gasteiger partial charge in [-0.15, -0.1) is 0 Å². The Hall–Kier alpha value is -1.71. The Balaban J connectivity index is 1.84. The van der Waals surface area contributed by atoms with Crippen LogP contribution in [0, 0.1) is 5.82 Å². The fraction of sp³-hybridized carbons (Fsp3) is 0.294. The van der Waals surface area contributed by atoms with Gasteiger partial charge in [-0.3, -0.25) is 0 Å². The smallest absolute Gasteiger partial charge is 0.123 e. The molecule has 2 aromatic carbocycles. The zero-order valence-corrected chi connectivity index (χ0v) is 11.3. The summed E-state index contributed by atoms with van der Waals surface area (Å²) in [7, 11) is 0. The topological polar surface area (TPSA) is 32.3 Å². The van der Waals surface area contributed by atoms with E-state index in [1.54, 1.807) is 12.1 Å². The van der Waals surface area contributed by atoms with Gasteiger partial charge in [0.1, 0.15) is 5.82 Å². The van der Waals surface area contributed by atoms with Crippen molar-refractivity contribution in [2.24, 2.45) is 0 Å². The summed E-state index contributed by atoms with van der Waals surface area (Å²) < 4.78 is 13.3. The van der Waals surface area contributed by atoms with Gasteiger partial charge < -0.3 is 10.4 Å². The van der Waals surface area contributed by atoms with E-state index < -0.39 is 5.54 Å². The first-order valence-electron chi connectivity index (χ1n) is 6.92. The lowest BCUT2D eigenvalue weighted by Crippen LogP contribution is -2.43. The summed E-state index contributed by atoms with van der Waals surface area (Å²) in [5.41, 5.74) is 2.76. The van der Waals surface area contributed by atoms with Gasteiger partial charge in [-0.05, 0) is 41.7 Å². The summed E-state index contributed by atoms with van der Waals surface area (Å²) in [6, 6.07) is 14.9. The number of hydrogen-bond acceptors (Lipinski definition) is 2. The van der Waals surface area contributed by atoms with Crippen molar-refractivity contribution in [1.82, 2.24) is 5.32 Å². The summed E-state index contributed by atoms with van der Waals surface area (Å²) in [5.74, 6) is -0.208. The first kappa shape index (κ1) is 13.3. The van der Waals surface area contributed by atoms with Gasteiger partial charge in [0.15, 0.2) is 0 Å².